The third-order valence-corrected chi connectivity index (χ3v) is 4.29. The van der Waals surface area contributed by atoms with Crippen molar-refractivity contribution in [3.63, 3.8) is 0 Å². The lowest BCUT2D eigenvalue weighted by Crippen LogP contribution is -2.22. The molecule has 23 heavy (non-hydrogen) atoms. The SMILES string of the molecule is [B]c1ccc(CN(Cc2ccccc2)c2ccc(Br)cc2)cc1. The van der Waals surface area contributed by atoms with Crippen molar-refractivity contribution < 1.29 is 0 Å². The van der Waals surface area contributed by atoms with Crippen LogP contribution in [0.2, 0.25) is 0 Å². The van der Waals surface area contributed by atoms with Crippen LogP contribution in [0.5, 0.6) is 0 Å². The summed E-state index contributed by atoms with van der Waals surface area (Å²) < 4.78 is 1.09. The molecule has 0 heterocycles. The zero-order valence-corrected chi connectivity index (χ0v) is 14.4. The van der Waals surface area contributed by atoms with E-state index in [-0.39, 0.29) is 0 Å². The summed E-state index contributed by atoms with van der Waals surface area (Å²) in [6, 6.07) is 27.1. The first-order chi connectivity index (χ1) is 11.2. The molecule has 0 fully saturated rings. The lowest BCUT2D eigenvalue weighted by atomic mass is 9.95. The summed E-state index contributed by atoms with van der Waals surface area (Å²) in [7, 11) is 5.79. The van der Waals surface area contributed by atoms with E-state index in [9.17, 15) is 0 Å². The van der Waals surface area contributed by atoms with Gasteiger partial charge in [-0.05, 0) is 35.4 Å². The van der Waals surface area contributed by atoms with Crippen molar-refractivity contribution in [2.45, 2.75) is 13.1 Å². The highest BCUT2D eigenvalue weighted by Crippen LogP contribution is 2.22. The average molecular weight is 362 g/mol. The molecule has 0 saturated heterocycles. The first-order valence-electron chi connectivity index (χ1n) is 7.59. The average Bonchev–Trinajstić information content (AvgIpc) is 2.58. The van der Waals surface area contributed by atoms with Crippen LogP contribution in [-0.4, -0.2) is 7.85 Å². The minimum Gasteiger partial charge on any atom is -0.363 e. The molecule has 0 atom stereocenters. The fourth-order valence-corrected chi connectivity index (χ4v) is 2.80. The van der Waals surface area contributed by atoms with Crippen LogP contribution in [0.25, 0.3) is 0 Å². The Kier molecular flexibility index (Phi) is 5.19. The highest BCUT2D eigenvalue weighted by atomic mass is 79.9. The molecule has 0 aliphatic carbocycles. The Morgan fingerprint density at radius 1 is 0.696 bits per heavy atom. The van der Waals surface area contributed by atoms with Gasteiger partial charge in [0.1, 0.15) is 7.85 Å². The zero-order chi connectivity index (χ0) is 16.1. The van der Waals surface area contributed by atoms with Crippen molar-refractivity contribution in [2.24, 2.45) is 0 Å². The summed E-state index contributed by atoms with van der Waals surface area (Å²) in [5.74, 6) is 0. The van der Waals surface area contributed by atoms with Crippen LogP contribution in [0.4, 0.5) is 5.69 Å². The van der Waals surface area contributed by atoms with Gasteiger partial charge in [0.25, 0.3) is 0 Å². The Labute approximate surface area is 147 Å². The fraction of sp³-hybridized carbons (Fsp3) is 0.100. The van der Waals surface area contributed by atoms with Gasteiger partial charge in [0, 0.05) is 23.2 Å². The van der Waals surface area contributed by atoms with E-state index in [0.29, 0.717) is 0 Å². The minimum atomic E-state index is 0.798. The van der Waals surface area contributed by atoms with Gasteiger partial charge in [0.2, 0.25) is 0 Å². The van der Waals surface area contributed by atoms with Gasteiger partial charge in [-0.15, -0.1) is 0 Å². The summed E-state index contributed by atoms with van der Waals surface area (Å²) in [4.78, 5) is 2.37. The second kappa shape index (κ2) is 7.52. The van der Waals surface area contributed by atoms with Crippen molar-refractivity contribution in [1.82, 2.24) is 0 Å². The monoisotopic (exact) mass is 361 g/mol. The van der Waals surface area contributed by atoms with Gasteiger partial charge < -0.3 is 4.90 Å². The molecule has 0 saturated carbocycles. The van der Waals surface area contributed by atoms with E-state index < -0.39 is 0 Å². The van der Waals surface area contributed by atoms with E-state index >= 15 is 0 Å². The largest absolute Gasteiger partial charge is 0.363 e. The van der Waals surface area contributed by atoms with Crippen LogP contribution in [0.15, 0.2) is 83.3 Å². The molecule has 0 N–H and O–H groups in total. The molecule has 0 amide bonds. The Hall–Kier alpha value is -2.00. The number of anilines is 1. The van der Waals surface area contributed by atoms with Gasteiger partial charge in [-0.3, -0.25) is 0 Å². The molecule has 0 unspecified atom stereocenters. The van der Waals surface area contributed by atoms with Gasteiger partial charge in [-0.1, -0.05) is 76.0 Å². The van der Waals surface area contributed by atoms with Crippen molar-refractivity contribution in [3.05, 3.63) is 94.5 Å². The molecule has 0 aromatic heterocycles. The van der Waals surface area contributed by atoms with Gasteiger partial charge in [-0.25, -0.2) is 0 Å². The Morgan fingerprint density at radius 3 is 1.87 bits per heavy atom. The number of rotatable bonds is 5. The van der Waals surface area contributed by atoms with E-state index in [0.717, 1.165) is 23.0 Å². The molecule has 0 aliphatic rings. The Morgan fingerprint density at radius 2 is 1.26 bits per heavy atom. The van der Waals surface area contributed by atoms with Crippen LogP contribution >= 0.6 is 15.9 Å². The maximum Gasteiger partial charge on any atom is 0.113 e. The van der Waals surface area contributed by atoms with E-state index in [1.54, 1.807) is 0 Å². The van der Waals surface area contributed by atoms with E-state index in [4.69, 9.17) is 7.85 Å². The van der Waals surface area contributed by atoms with Gasteiger partial charge in [-0.2, -0.15) is 0 Å². The third kappa shape index (κ3) is 4.49. The van der Waals surface area contributed by atoms with Gasteiger partial charge in [0.05, 0.1) is 0 Å². The molecule has 112 valence electrons. The maximum absolute atomic E-state index is 5.79. The molecular weight excluding hydrogens is 345 g/mol. The van der Waals surface area contributed by atoms with Crippen LogP contribution in [-0.2, 0) is 13.1 Å². The summed E-state index contributed by atoms with van der Waals surface area (Å²) in [6.07, 6.45) is 0. The van der Waals surface area contributed by atoms with Crippen LogP contribution in [0, 0.1) is 0 Å². The molecule has 0 spiro atoms. The summed E-state index contributed by atoms with van der Waals surface area (Å²) in [6.45, 7) is 1.71. The molecule has 0 aliphatic heterocycles. The molecular formula is C20H17BBrN. The lowest BCUT2D eigenvalue weighted by molar-refractivity contribution is 0.800. The van der Waals surface area contributed by atoms with Gasteiger partial charge in [0.15, 0.2) is 0 Å². The van der Waals surface area contributed by atoms with Crippen LogP contribution in [0.1, 0.15) is 11.1 Å². The molecule has 3 rings (SSSR count). The second-order valence-electron chi connectivity index (χ2n) is 5.56. The summed E-state index contributed by atoms with van der Waals surface area (Å²) >= 11 is 3.50. The first-order valence-corrected chi connectivity index (χ1v) is 8.39. The van der Waals surface area contributed by atoms with Crippen molar-refractivity contribution in [1.29, 1.82) is 0 Å². The number of halogens is 1. The zero-order valence-electron chi connectivity index (χ0n) is 12.8. The van der Waals surface area contributed by atoms with Crippen LogP contribution < -0.4 is 10.4 Å². The fourth-order valence-electron chi connectivity index (χ4n) is 2.54. The molecule has 3 heteroatoms. The molecule has 2 radical (unpaired) electrons. The summed E-state index contributed by atoms with van der Waals surface area (Å²) in [5.41, 5.74) is 4.55. The predicted molar refractivity (Wildman–Crippen MR) is 102 cm³/mol. The van der Waals surface area contributed by atoms with E-state index in [2.05, 4.69) is 81.5 Å². The topological polar surface area (TPSA) is 3.24 Å². The summed E-state index contributed by atoms with van der Waals surface area (Å²) in [5, 5.41) is 0. The quantitative estimate of drug-likeness (QED) is 0.607. The Balaban J connectivity index is 1.86. The molecule has 1 nitrogen and oxygen atoms in total. The number of hydrogen-bond acceptors (Lipinski definition) is 1. The lowest BCUT2D eigenvalue weighted by Gasteiger charge is -2.25. The number of hydrogen-bond donors (Lipinski definition) is 0. The normalized spacial score (nSPS) is 10.5. The molecule has 3 aromatic rings. The number of benzene rings is 3. The van der Waals surface area contributed by atoms with Crippen molar-refractivity contribution >= 4 is 34.9 Å². The number of nitrogens with zero attached hydrogens (tertiary/aromatic N) is 1. The predicted octanol–water partition coefficient (Wildman–Crippen LogP) is 4.45. The van der Waals surface area contributed by atoms with Crippen molar-refractivity contribution in [3.8, 4) is 0 Å². The second-order valence-corrected chi connectivity index (χ2v) is 6.48. The Bertz CT molecular complexity index is 739. The van der Waals surface area contributed by atoms with Crippen LogP contribution in [0.3, 0.4) is 0 Å². The smallest absolute Gasteiger partial charge is 0.113 e. The van der Waals surface area contributed by atoms with Crippen molar-refractivity contribution in [2.75, 3.05) is 4.90 Å². The van der Waals surface area contributed by atoms with E-state index in [1.165, 1.54) is 16.8 Å². The van der Waals surface area contributed by atoms with Gasteiger partial charge >= 0.3 is 0 Å². The molecule has 0 bridgehead atoms. The standard InChI is InChI=1S/C20H17BBrN/c21-18-8-6-17(7-9-18)15-23(14-16-4-2-1-3-5-16)20-12-10-19(22)11-13-20/h1-13H,14-15H2. The minimum absolute atomic E-state index is 0.798. The first kappa shape index (κ1) is 15.9. The highest BCUT2D eigenvalue weighted by Gasteiger charge is 2.08. The maximum atomic E-state index is 5.79. The van der Waals surface area contributed by atoms with E-state index in [1.807, 2.05) is 18.2 Å². The molecule has 3 aromatic carbocycles. The highest BCUT2D eigenvalue weighted by molar-refractivity contribution is 9.10. The third-order valence-electron chi connectivity index (χ3n) is 3.76.